The molecule has 0 saturated carbocycles. The van der Waals surface area contributed by atoms with Crippen LogP contribution in [0.15, 0.2) is 48.5 Å². The summed E-state index contributed by atoms with van der Waals surface area (Å²) in [6.45, 7) is 4.59. The number of likely N-dealkylation sites (tertiary alicyclic amines) is 1. The van der Waals surface area contributed by atoms with Gasteiger partial charge in [0, 0.05) is 31.2 Å². The Kier molecular flexibility index (Phi) is 5.47. The number of carbonyl (C=O) groups is 1. The lowest BCUT2D eigenvalue weighted by atomic mass is 10.0. The van der Waals surface area contributed by atoms with E-state index in [1.54, 1.807) is 25.1 Å². The van der Waals surface area contributed by atoms with E-state index in [0.29, 0.717) is 17.2 Å². The van der Waals surface area contributed by atoms with Crippen molar-refractivity contribution in [3.63, 3.8) is 0 Å². The minimum Gasteiger partial charge on any atom is -0.381 e. The molecule has 0 amide bonds. The SMILES string of the molecule is CC(=O)c1ccc(C#N)c(NC2CCN(Cc3ccccc3)CC2)c1. The maximum atomic E-state index is 11.6. The van der Waals surface area contributed by atoms with Gasteiger partial charge in [-0.3, -0.25) is 9.69 Å². The van der Waals surface area contributed by atoms with Gasteiger partial charge in [0.15, 0.2) is 5.78 Å². The van der Waals surface area contributed by atoms with E-state index in [1.165, 1.54) is 5.56 Å². The van der Waals surface area contributed by atoms with Gasteiger partial charge in [0.2, 0.25) is 0 Å². The fraction of sp³-hybridized carbons (Fsp3) is 0.333. The first kappa shape index (κ1) is 17.2. The number of anilines is 1. The van der Waals surface area contributed by atoms with Gasteiger partial charge in [-0.15, -0.1) is 0 Å². The fourth-order valence-corrected chi connectivity index (χ4v) is 3.28. The Labute approximate surface area is 149 Å². The highest BCUT2D eigenvalue weighted by molar-refractivity contribution is 5.95. The zero-order valence-corrected chi connectivity index (χ0v) is 14.5. The van der Waals surface area contributed by atoms with Gasteiger partial charge in [0.05, 0.1) is 11.3 Å². The van der Waals surface area contributed by atoms with E-state index in [4.69, 9.17) is 0 Å². The third kappa shape index (κ3) is 4.46. The maximum Gasteiger partial charge on any atom is 0.159 e. The van der Waals surface area contributed by atoms with Crippen LogP contribution in [0.25, 0.3) is 0 Å². The van der Waals surface area contributed by atoms with Crippen LogP contribution >= 0.6 is 0 Å². The molecule has 2 aromatic rings. The molecular weight excluding hydrogens is 310 g/mol. The van der Waals surface area contributed by atoms with Crippen LogP contribution in [0.3, 0.4) is 0 Å². The summed E-state index contributed by atoms with van der Waals surface area (Å²) < 4.78 is 0. The average Bonchev–Trinajstić information content (AvgIpc) is 2.64. The summed E-state index contributed by atoms with van der Waals surface area (Å²) >= 11 is 0. The largest absolute Gasteiger partial charge is 0.381 e. The molecule has 0 radical (unpaired) electrons. The highest BCUT2D eigenvalue weighted by Crippen LogP contribution is 2.22. The first-order chi connectivity index (χ1) is 12.2. The summed E-state index contributed by atoms with van der Waals surface area (Å²) in [6.07, 6.45) is 2.06. The second-order valence-electron chi connectivity index (χ2n) is 6.61. The van der Waals surface area contributed by atoms with Crippen molar-refractivity contribution in [2.75, 3.05) is 18.4 Å². The number of nitriles is 1. The zero-order chi connectivity index (χ0) is 17.6. The predicted molar refractivity (Wildman–Crippen MR) is 99.5 cm³/mol. The Morgan fingerprint density at radius 3 is 2.56 bits per heavy atom. The van der Waals surface area contributed by atoms with Gasteiger partial charge in [-0.1, -0.05) is 30.3 Å². The van der Waals surface area contributed by atoms with Crippen molar-refractivity contribution in [1.29, 1.82) is 5.26 Å². The van der Waals surface area contributed by atoms with Crippen LogP contribution in [0.5, 0.6) is 0 Å². The van der Waals surface area contributed by atoms with Crippen molar-refractivity contribution in [3.8, 4) is 6.07 Å². The number of nitrogens with zero attached hydrogens (tertiary/aromatic N) is 2. The van der Waals surface area contributed by atoms with Crippen LogP contribution < -0.4 is 5.32 Å². The standard InChI is InChI=1S/C21H23N3O/c1-16(25)18-7-8-19(14-22)21(13-18)23-20-9-11-24(12-10-20)15-17-5-3-2-4-6-17/h2-8,13,20,23H,9-12,15H2,1H3. The molecule has 4 nitrogen and oxygen atoms in total. The summed E-state index contributed by atoms with van der Waals surface area (Å²) in [7, 11) is 0. The normalized spacial score (nSPS) is 15.5. The zero-order valence-electron chi connectivity index (χ0n) is 14.5. The highest BCUT2D eigenvalue weighted by Gasteiger charge is 2.20. The molecule has 1 aliphatic rings. The van der Waals surface area contributed by atoms with Gasteiger partial charge in [0.25, 0.3) is 0 Å². The summed E-state index contributed by atoms with van der Waals surface area (Å²) in [5.41, 5.74) is 3.35. The van der Waals surface area contributed by atoms with Gasteiger partial charge in [-0.25, -0.2) is 0 Å². The van der Waals surface area contributed by atoms with Crippen molar-refractivity contribution >= 4 is 11.5 Å². The maximum absolute atomic E-state index is 11.6. The Morgan fingerprint density at radius 2 is 1.92 bits per heavy atom. The lowest BCUT2D eigenvalue weighted by molar-refractivity contribution is 0.101. The van der Waals surface area contributed by atoms with Gasteiger partial charge in [-0.05, 0) is 43.5 Å². The van der Waals surface area contributed by atoms with Gasteiger partial charge < -0.3 is 5.32 Å². The molecule has 3 rings (SSSR count). The first-order valence-electron chi connectivity index (χ1n) is 8.73. The third-order valence-corrected chi connectivity index (χ3v) is 4.74. The average molecular weight is 333 g/mol. The van der Waals surface area contributed by atoms with Crippen molar-refractivity contribution < 1.29 is 4.79 Å². The van der Waals surface area contributed by atoms with Crippen LogP contribution in [0.2, 0.25) is 0 Å². The molecule has 1 heterocycles. The molecule has 1 saturated heterocycles. The number of ketones is 1. The van der Waals surface area contributed by atoms with Gasteiger partial charge >= 0.3 is 0 Å². The van der Waals surface area contributed by atoms with Crippen LogP contribution in [-0.4, -0.2) is 29.8 Å². The Morgan fingerprint density at radius 1 is 1.20 bits per heavy atom. The molecule has 128 valence electrons. The predicted octanol–water partition coefficient (Wildman–Crippen LogP) is 3.84. The van der Waals surface area contributed by atoms with Gasteiger partial charge in [-0.2, -0.15) is 5.26 Å². The van der Waals surface area contributed by atoms with E-state index in [9.17, 15) is 10.1 Å². The minimum atomic E-state index is 0.0187. The summed E-state index contributed by atoms with van der Waals surface area (Å²) in [6, 6.07) is 18.3. The lowest BCUT2D eigenvalue weighted by Gasteiger charge is -2.33. The smallest absolute Gasteiger partial charge is 0.159 e. The number of carbonyl (C=O) groups excluding carboxylic acids is 1. The molecule has 0 aliphatic carbocycles. The summed E-state index contributed by atoms with van der Waals surface area (Å²) in [5, 5.41) is 12.8. The van der Waals surface area contributed by atoms with E-state index in [0.717, 1.165) is 38.2 Å². The number of hydrogen-bond donors (Lipinski definition) is 1. The molecule has 0 aromatic heterocycles. The number of Topliss-reactive ketones (excluding diaryl/α,β-unsaturated/α-hetero) is 1. The topological polar surface area (TPSA) is 56.1 Å². The van der Waals surface area contributed by atoms with Crippen molar-refractivity contribution in [3.05, 3.63) is 65.2 Å². The molecular formula is C21H23N3O. The number of nitrogens with one attached hydrogen (secondary N) is 1. The van der Waals surface area contributed by atoms with Crippen molar-refractivity contribution in [2.45, 2.75) is 32.4 Å². The summed E-state index contributed by atoms with van der Waals surface area (Å²) in [5.74, 6) is 0.0187. The highest BCUT2D eigenvalue weighted by atomic mass is 16.1. The Bertz CT molecular complexity index is 771. The van der Waals surface area contributed by atoms with Crippen LogP contribution in [0.4, 0.5) is 5.69 Å². The van der Waals surface area contributed by atoms with Crippen molar-refractivity contribution in [2.24, 2.45) is 0 Å². The molecule has 25 heavy (non-hydrogen) atoms. The molecule has 0 atom stereocenters. The minimum absolute atomic E-state index is 0.0187. The molecule has 2 aromatic carbocycles. The van der Waals surface area contributed by atoms with E-state index >= 15 is 0 Å². The van der Waals surface area contributed by atoms with Crippen LogP contribution in [-0.2, 0) is 6.54 Å². The van der Waals surface area contributed by atoms with Crippen LogP contribution in [0.1, 0.15) is 41.3 Å². The van der Waals surface area contributed by atoms with E-state index < -0.39 is 0 Å². The van der Waals surface area contributed by atoms with Crippen LogP contribution in [0, 0.1) is 11.3 Å². The number of benzene rings is 2. The second-order valence-corrected chi connectivity index (χ2v) is 6.61. The molecule has 0 spiro atoms. The second kappa shape index (κ2) is 7.96. The molecule has 0 unspecified atom stereocenters. The van der Waals surface area contributed by atoms with E-state index in [-0.39, 0.29) is 5.78 Å². The molecule has 1 N–H and O–H groups in total. The van der Waals surface area contributed by atoms with Gasteiger partial charge in [0.1, 0.15) is 6.07 Å². The van der Waals surface area contributed by atoms with E-state index in [2.05, 4.69) is 40.6 Å². The quantitative estimate of drug-likeness (QED) is 0.845. The van der Waals surface area contributed by atoms with E-state index in [1.807, 2.05) is 6.07 Å². The number of piperidine rings is 1. The first-order valence-corrected chi connectivity index (χ1v) is 8.73. The summed E-state index contributed by atoms with van der Waals surface area (Å²) in [4.78, 5) is 14.1. The fourth-order valence-electron chi connectivity index (χ4n) is 3.28. The monoisotopic (exact) mass is 333 g/mol. The molecule has 0 bridgehead atoms. The Balaban J connectivity index is 1.60. The Hall–Kier alpha value is -2.64. The molecule has 1 aliphatic heterocycles. The third-order valence-electron chi connectivity index (χ3n) is 4.74. The lowest BCUT2D eigenvalue weighted by Crippen LogP contribution is -2.38. The number of rotatable bonds is 5. The molecule has 4 heteroatoms. The van der Waals surface area contributed by atoms with Crippen molar-refractivity contribution in [1.82, 2.24) is 4.90 Å². The number of hydrogen-bond acceptors (Lipinski definition) is 4. The molecule has 1 fully saturated rings.